The van der Waals surface area contributed by atoms with Crippen molar-refractivity contribution in [2.24, 2.45) is 5.16 Å². The maximum atomic E-state index is 13.9. The number of carbonyl (C=O) groups excluding carboxylic acids is 4. The summed E-state index contributed by atoms with van der Waals surface area (Å²) >= 11 is 0. The van der Waals surface area contributed by atoms with Crippen LogP contribution in [0.1, 0.15) is 41.3 Å². The molecular formula is C26H22F2N4O6. The predicted molar refractivity (Wildman–Crippen MR) is 129 cm³/mol. The zero-order valence-electron chi connectivity index (χ0n) is 20.6. The molecule has 3 aromatic rings. The number of amides is 1. The van der Waals surface area contributed by atoms with Crippen molar-refractivity contribution < 1.29 is 37.5 Å². The Balaban J connectivity index is 0.00000127. The van der Waals surface area contributed by atoms with Gasteiger partial charge in [0, 0.05) is 17.5 Å². The van der Waals surface area contributed by atoms with Crippen LogP contribution in [-0.2, 0) is 24.0 Å². The third-order valence-corrected chi connectivity index (χ3v) is 5.84. The fourth-order valence-corrected chi connectivity index (χ4v) is 3.76. The summed E-state index contributed by atoms with van der Waals surface area (Å²) < 4.78 is 32.6. The molecule has 12 heteroatoms. The van der Waals surface area contributed by atoms with Crippen molar-refractivity contribution in [1.29, 1.82) is 0 Å². The van der Waals surface area contributed by atoms with Gasteiger partial charge in [-0.1, -0.05) is 30.3 Å². The summed E-state index contributed by atoms with van der Waals surface area (Å²) in [6.07, 6.45) is 3.66. The van der Waals surface area contributed by atoms with Crippen molar-refractivity contribution in [2.45, 2.75) is 32.3 Å². The molecule has 1 atom stereocenters. The second-order valence-electron chi connectivity index (χ2n) is 8.10. The molecule has 0 saturated heterocycles. The van der Waals surface area contributed by atoms with Crippen molar-refractivity contribution in [3.8, 4) is 11.3 Å². The Morgan fingerprint density at radius 3 is 2.39 bits per heavy atom. The number of halogens is 2. The lowest BCUT2D eigenvalue weighted by Gasteiger charge is -2.21. The Bertz CT molecular complexity index is 1400. The SMILES string of the molecule is CCC1(C(=O)OC)CC(c2ccc(C)c(-c3cnc(NC(=O)c4c(F)cccc4F)cn3)c2)=NO1.O=C=O. The fourth-order valence-electron chi connectivity index (χ4n) is 3.76. The number of oxime groups is 1. The molecule has 4 rings (SSSR count). The van der Waals surface area contributed by atoms with E-state index >= 15 is 0 Å². The molecule has 1 aliphatic heterocycles. The van der Waals surface area contributed by atoms with Gasteiger partial charge in [-0.05, 0) is 37.1 Å². The van der Waals surface area contributed by atoms with E-state index in [1.165, 1.54) is 25.6 Å². The van der Waals surface area contributed by atoms with E-state index in [4.69, 9.17) is 19.2 Å². The number of ether oxygens (including phenoxy) is 1. The Labute approximate surface area is 215 Å². The lowest BCUT2D eigenvalue weighted by Crippen LogP contribution is -2.39. The molecule has 0 fully saturated rings. The molecule has 0 saturated carbocycles. The maximum absolute atomic E-state index is 13.9. The molecule has 1 aromatic heterocycles. The van der Waals surface area contributed by atoms with Gasteiger partial charge < -0.3 is 14.9 Å². The highest BCUT2D eigenvalue weighted by Gasteiger charge is 2.46. The number of aryl methyl sites for hydroxylation is 1. The van der Waals surface area contributed by atoms with E-state index in [9.17, 15) is 18.4 Å². The molecule has 0 aliphatic carbocycles. The number of hydrogen-bond acceptors (Lipinski definition) is 9. The molecule has 38 heavy (non-hydrogen) atoms. The second-order valence-corrected chi connectivity index (χ2v) is 8.10. The Kier molecular flexibility index (Phi) is 8.72. The Morgan fingerprint density at radius 2 is 1.82 bits per heavy atom. The number of anilines is 1. The molecule has 0 radical (unpaired) electrons. The monoisotopic (exact) mass is 524 g/mol. The normalized spacial score (nSPS) is 15.8. The van der Waals surface area contributed by atoms with Crippen LogP contribution < -0.4 is 5.32 Å². The topological polar surface area (TPSA) is 137 Å². The first kappa shape index (κ1) is 27.8. The molecule has 10 nitrogen and oxygen atoms in total. The Morgan fingerprint density at radius 1 is 1.13 bits per heavy atom. The molecule has 0 spiro atoms. The van der Waals surface area contributed by atoms with Crippen LogP contribution in [-0.4, -0.2) is 46.4 Å². The number of rotatable bonds is 6. The van der Waals surface area contributed by atoms with Gasteiger partial charge in [0.05, 0.1) is 30.9 Å². The minimum Gasteiger partial charge on any atom is -0.466 e. The standard InChI is InChI=1S/C25H22F2N4O4.CO2/c1-4-25(24(33)34-3)11-19(31-35-25)15-9-8-14(2)16(10-15)20-12-29-21(13-28-20)30-23(32)22-17(26)6-5-7-18(22)27;2-1-3/h5-10,12-13H,4,11H2,1-3H3,(H,29,30,32);. The van der Waals surface area contributed by atoms with Crippen molar-refractivity contribution in [2.75, 3.05) is 12.4 Å². The maximum Gasteiger partial charge on any atom is 0.373 e. The van der Waals surface area contributed by atoms with E-state index in [1.54, 1.807) is 0 Å². The summed E-state index contributed by atoms with van der Waals surface area (Å²) in [5.41, 5.74) is 1.67. The van der Waals surface area contributed by atoms with Gasteiger partial charge >= 0.3 is 12.1 Å². The van der Waals surface area contributed by atoms with Gasteiger partial charge in [-0.25, -0.2) is 18.6 Å². The molecule has 1 amide bonds. The Hall–Kier alpha value is -4.83. The van der Waals surface area contributed by atoms with Crippen LogP contribution in [0.15, 0.2) is 53.9 Å². The summed E-state index contributed by atoms with van der Waals surface area (Å²) in [5.74, 6) is -3.36. The van der Waals surface area contributed by atoms with E-state index in [-0.39, 0.29) is 18.4 Å². The van der Waals surface area contributed by atoms with Crippen molar-refractivity contribution >= 4 is 29.6 Å². The average molecular weight is 524 g/mol. The van der Waals surface area contributed by atoms with Gasteiger partial charge in [-0.3, -0.25) is 9.78 Å². The average Bonchev–Trinajstić information content (AvgIpc) is 3.35. The summed E-state index contributed by atoms with van der Waals surface area (Å²) in [4.78, 5) is 54.7. The fraction of sp³-hybridized carbons (Fsp3) is 0.231. The number of hydrogen-bond donors (Lipinski definition) is 1. The van der Waals surface area contributed by atoms with Crippen molar-refractivity contribution in [3.05, 3.63) is 77.1 Å². The molecule has 196 valence electrons. The van der Waals surface area contributed by atoms with Crippen molar-refractivity contribution in [3.63, 3.8) is 0 Å². The van der Waals surface area contributed by atoms with E-state index in [2.05, 4.69) is 20.4 Å². The highest BCUT2D eigenvalue weighted by Crippen LogP contribution is 2.33. The van der Waals surface area contributed by atoms with Crippen LogP contribution in [0.25, 0.3) is 11.3 Å². The van der Waals surface area contributed by atoms with Crippen LogP contribution in [0.2, 0.25) is 0 Å². The number of aromatic nitrogens is 2. The van der Waals surface area contributed by atoms with E-state index in [0.29, 0.717) is 17.8 Å². The second kappa shape index (κ2) is 11.9. The van der Waals surface area contributed by atoms with E-state index < -0.39 is 34.7 Å². The molecular weight excluding hydrogens is 502 g/mol. The van der Waals surface area contributed by atoms with Crippen LogP contribution in [0.3, 0.4) is 0 Å². The summed E-state index contributed by atoms with van der Waals surface area (Å²) in [6, 6.07) is 8.78. The summed E-state index contributed by atoms with van der Waals surface area (Å²) in [6.45, 7) is 3.72. The first-order valence-corrected chi connectivity index (χ1v) is 11.2. The third-order valence-electron chi connectivity index (χ3n) is 5.84. The smallest absolute Gasteiger partial charge is 0.373 e. The molecule has 1 N–H and O–H groups in total. The van der Waals surface area contributed by atoms with Crippen LogP contribution >= 0.6 is 0 Å². The molecule has 0 bridgehead atoms. The lowest BCUT2D eigenvalue weighted by atomic mass is 9.90. The molecule has 1 unspecified atom stereocenters. The first-order valence-electron chi connectivity index (χ1n) is 11.2. The van der Waals surface area contributed by atoms with Gasteiger partial charge in [0.25, 0.3) is 5.91 Å². The highest BCUT2D eigenvalue weighted by atomic mass is 19.1. The van der Waals surface area contributed by atoms with Crippen LogP contribution in [0, 0.1) is 18.6 Å². The molecule has 2 aromatic carbocycles. The minimum atomic E-state index is -1.15. The van der Waals surface area contributed by atoms with Crippen molar-refractivity contribution in [1.82, 2.24) is 9.97 Å². The van der Waals surface area contributed by atoms with Crippen LogP contribution in [0.5, 0.6) is 0 Å². The number of nitrogens with one attached hydrogen (secondary N) is 1. The number of methoxy groups -OCH3 is 1. The largest absolute Gasteiger partial charge is 0.466 e. The van der Waals surface area contributed by atoms with E-state index in [1.807, 2.05) is 32.0 Å². The minimum absolute atomic E-state index is 0.0367. The van der Waals surface area contributed by atoms with E-state index in [0.717, 1.165) is 28.8 Å². The van der Waals surface area contributed by atoms with Crippen LogP contribution in [0.4, 0.5) is 14.6 Å². The molecule has 1 aliphatic rings. The first-order chi connectivity index (χ1) is 18.2. The summed E-state index contributed by atoms with van der Waals surface area (Å²) in [7, 11) is 1.31. The molecule has 2 heterocycles. The third kappa shape index (κ3) is 5.76. The summed E-state index contributed by atoms with van der Waals surface area (Å²) in [5, 5.41) is 6.47. The van der Waals surface area contributed by atoms with Gasteiger partial charge in [0.15, 0.2) is 5.82 Å². The zero-order chi connectivity index (χ0) is 27.9. The number of carbonyl (C=O) groups is 2. The van der Waals surface area contributed by atoms with Gasteiger partial charge in [0.1, 0.15) is 17.2 Å². The van der Waals surface area contributed by atoms with Gasteiger partial charge in [-0.15, -0.1) is 0 Å². The number of esters is 1. The van der Waals surface area contributed by atoms with Gasteiger partial charge in [-0.2, -0.15) is 9.59 Å². The zero-order valence-corrected chi connectivity index (χ0v) is 20.6. The van der Waals surface area contributed by atoms with Gasteiger partial charge in [0.2, 0.25) is 5.60 Å². The highest BCUT2D eigenvalue weighted by molar-refractivity contribution is 6.06. The number of benzene rings is 2. The quantitative estimate of drug-likeness (QED) is 0.480. The lowest BCUT2D eigenvalue weighted by molar-refractivity contribution is -0.191. The number of nitrogens with zero attached hydrogens (tertiary/aromatic N) is 3. The predicted octanol–water partition coefficient (Wildman–Crippen LogP) is 3.85.